The Morgan fingerprint density at radius 3 is 2.25 bits per heavy atom. The second-order valence-corrected chi connectivity index (χ2v) is 4.46. The van der Waals surface area contributed by atoms with Crippen molar-refractivity contribution in [3.63, 3.8) is 0 Å². The van der Waals surface area contributed by atoms with Crippen molar-refractivity contribution in [2.24, 2.45) is 0 Å². The molecular formula is C18H18O2. The van der Waals surface area contributed by atoms with E-state index in [-0.39, 0.29) is 0 Å². The molecule has 0 unspecified atom stereocenters. The van der Waals surface area contributed by atoms with Gasteiger partial charge in [-0.15, -0.1) is 12.3 Å². The van der Waals surface area contributed by atoms with E-state index in [1.807, 2.05) is 30.3 Å². The number of hydrogen-bond acceptors (Lipinski definition) is 2. The third kappa shape index (κ3) is 3.13. The van der Waals surface area contributed by atoms with Gasteiger partial charge in [-0.05, 0) is 35.2 Å². The second-order valence-electron chi connectivity index (χ2n) is 4.46. The van der Waals surface area contributed by atoms with Crippen molar-refractivity contribution in [1.29, 1.82) is 0 Å². The number of terminal acetylenes is 1. The largest absolute Gasteiger partial charge is 0.497 e. The van der Waals surface area contributed by atoms with Gasteiger partial charge in [-0.25, -0.2) is 0 Å². The van der Waals surface area contributed by atoms with Gasteiger partial charge in [-0.2, -0.15) is 0 Å². The zero-order chi connectivity index (χ0) is 14.4. The first-order chi connectivity index (χ1) is 9.78. The molecule has 0 amide bonds. The lowest BCUT2D eigenvalue weighted by Gasteiger charge is -2.12. The first-order valence-corrected chi connectivity index (χ1v) is 6.53. The summed E-state index contributed by atoms with van der Waals surface area (Å²) in [7, 11) is 3.31. The molecular weight excluding hydrogens is 248 g/mol. The molecule has 0 fully saturated rings. The SMILES string of the molecule is C#CCCc1ccccc1-c1cc(OC)cc(OC)c1. The van der Waals surface area contributed by atoms with Crippen LogP contribution in [-0.4, -0.2) is 14.2 Å². The maximum Gasteiger partial charge on any atom is 0.123 e. The highest BCUT2D eigenvalue weighted by Gasteiger charge is 2.08. The van der Waals surface area contributed by atoms with Crippen LogP contribution >= 0.6 is 0 Å². The first-order valence-electron chi connectivity index (χ1n) is 6.53. The van der Waals surface area contributed by atoms with Crippen LogP contribution in [0.3, 0.4) is 0 Å². The van der Waals surface area contributed by atoms with E-state index in [4.69, 9.17) is 15.9 Å². The van der Waals surface area contributed by atoms with E-state index in [1.165, 1.54) is 11.1 Å². The fourth-order valence-corrected chi connectivity index (χ4v) is 2.19. The topological polar surface area (TPSA) is 18.5 Å². The molecule has 0 saturated carbocycles. The Hall–Kier alpha value is -2.40. The molecule has 2 aromatic rings. The molecule has 0 heterocycles. The van der Waals surface area contributed by atoms with Gasteiger partial charge in [-0.3, -0.25) is 0 Å². The molecule has 2 heteroatoms. The Morgan fingerprint density at radius 2 is 1.65 bits per heavy atom. The van der Waals surface area contributed by atoms with Crippen molar-refractivity contribution in [1.82, 2.24) is 0 Å². The van der Waals surface area contributed by atoms with Crippen LogP contribution in [0.25, 0.3) is 11.1 Å². The first kappa shape index (κ1) is 14.0. The maximum atomic E-state index is 5.37. The van der Waals surface area contributed by atoms with Gasteiger partial charge < -0.3 is 9.47 Å². The summed E-state index contributed by atoms with van der Waals surface area (Å²) in [5.41, 5.74) is 3.48. The summed E-state index contributed by atoms with van der Waals surface area (Å²) < 4.78 is 10.7. The number of rotatable bonds is 5. The average Bonchev–Trinajstić information content (AvgIpc) is 2.52. The molecule has 20 heavy (non-hydrogen) atoms. The Kier molecular flexibility index (Phi) is 4.68. The average molecular weight is 266 g/mol. The Balaban J connectivity index is 2.48. The van der Waals surface area contributed by atoms with Crippen molar-refractivity contribution in [2.75, 3.05) is 14.2 Å². The number of hydrogen-bond donors (Lipinski definition) is 0. The van der Waals surface area contributed by atoms with Gasteiger partial charge in [0.2, 0.25) is 0 Å². The molecule has 0 aliphatic carbocycles. The van der Waals surface area contributed by atoms with E-state index in [0.717, 1.165) is 29.9 Å². The number of aryl methyl sites for hydroxylation is 1. The minimum atomic E-state index is 0.734. The number of methoxy groups -OCH3 is 2. The normalized spacial score (nSPS) is 9.85. The third-order valence-electron chi connectivity index (χ3n) is 3.22. The van der Waals surface area contributed by atoms with Gasteiger partial charge >= 0.3 is 0 Å². The van der Waals surface area contributed by atoms with Crippen LogP contribution in [0.1, 0.15) is 12.0 Å². The highest BCUT2D eigenvalue weighted by Crippen LogP contribution is 2.32. The van der Waals surface area contributed by atoms with E-state index >= 15 is 0 Å². The molecule has 2 rings (SSSR count). The molecule has 0 N–H and O–H groups in total. The minimum Gasteiger partial charge on any atom is -0.497 e. The zero-order valence-corrected chi connectivity index (χ0v) is 11.8. The molecule has 0 radical (unpaired) electrons. The van der Waals surface area contributed by atoms with Gasteiger partial charge in [-0.1, -0.05) is 24.3 Å². The highest BCUT2D eigenvalue weighted by molar-refractivity contribution is 5.70. The van der Waals surface area contributed by atoms with Crippen LogP contribution in [0.5, 0.6) is 11.5 Å². The third-order valence-corrected chi connectivity index (χ3v) is 3.22. The van der Waals surface area contributed by atoms with Crippen LogP contribution in [0.2, 0.25) is 0 Å². The van der Waals surface area contributed by atoms with Gasteiger partial charge in [0.25, 0.3) is 0 Å². The van der Waals surface area contributed by atoms with Crippen LogP contribution in [0.4, 0.5) is 0 Å². The van der Waals surface area contributed by atoms with E-state index in [0.29, 0.717) is 0 Å². The fraction of sp³-hybridized carbons (Fsp3) is 0.222. The maximum absolute atomic E-state index is 5.37. The van der Waals surface area contributed by atoms with Crippen molar-refractivity contribution in [3.05, 3.63) is 48.0 Å². The van der Waals surface area contributed by atoms with Crippen molar-refractivity contribution >= 4 is 0 Å². The summed E-state index contributed by atoms with van der Waals surface area (Å²) in [5, 5.41) is 0. The lowest BCUT2D eigenvalue weighted by atomic mass is 9.96. The molecule has 0 spiro atoms. The predicted octanol–water partition coefficient (Wildman–Crippen LogP) is 3.94. The Bertz CT molecular complexity index is 601. The zero-order valence-electron chi connectivity index (χ0n) is 11.8. The lowest BCUT2D eigenvalue weighted by molar-refractivity contribution is 0.394. The van der Waals surface area contributed by atoms with Crippen LogP contribution in [0, 0.1) is 12.3 Å². The lowest BCUT2D eigenvalue weighted by Crippen LogP contribution is -1.92. The van der Waals surface area contributed by atoms with E-state index in [1.54, 1.807) is 14.2 Å². The van der Waals surface area contributed by atoms with Crippen LogP contribution in [0.15, 0.2) is 42.5 Å². The summed E-state index contributed by atoms with van der Waals surface area (Å²) in [6.45, 7) is 0. The molecule has 2 nitrogen and oxygen atoms in total. The summed E-state index contributed by atoms with van der Waals surface area (Å²) in [6, 6.07) is 14.2. The van der Waals surface area contributed by atoms with Gasteiger partial charge in [0.05, 0.1) is 14.2 Å². The van der Waals surface area contributed by atoms with Crippen LogP contribution < -0.4 is 9.47 Å². The second kappa shape index (κ2) is 6.68. The van der Waals surface area contributed by atoms with Gasteiger partial charge in [0, 0.05) is 12.5 Å². The fourth-order valence-electron chi connectivity index (χ4n) is 2.19. The number of benzene rings is 2. The summed E-state index contributed by atoms with van der Waals surface area (Å²) in [5.74, 6) is 4.26. The Morgan fingerprint density at radius 1 is 1.00 bits per heavy atom. The van der Waals surface area contributed by atoms with Gasteiger partial charge in [0.15, 0.2) is 0 Å². The quantitative estimate of drug-likeness (QED) is 0.763. The summed E-state index contributed by atoms with van der Waals surface area (Å²) in [6.07, 6.45) is 6.97. The highest BCUT2D eigenvalue weighted by atomic mass is 16.5. The van der Waals surface area contributed by atoms with Crippen molar-refractivity contribution < 1.29 is 9.47 Å². The predicted molar refractivity (Wildman–Crippen MR) is 82.1 cm³/mol. The molecule has 0 bridgehead atoms. The monoisotopic (exact) mass is 266 g/mol. The molecule has 0 aliphatic heterocycles. The standard InChI is InChI=1S/C18H18O2/c1-4-5-8-14-9-6-7-10-18(14)15-11-16(19-2)13-17(12-15)20-3/h1,6-7,9-13H,5,8H2,2-3H3. The van der Waals surface area contributed by atoms with Crippen molar-refractivity contribution in [2.45, 2.75) is 12.8 Å². The smallest absolute Gasteiger partial charge is 0.123 e. The molecule has 102 valence electrons. The molecule has 0 aliphatic rings. The molecule has 2 aromatic carbocycles. The van der Waals surface area contributed by atoms with E-state index < -0.39 is 0 Å². The molecule has 0 aromatic heterocycles. The minimum absolute atomic E-state index is 0.734. The molecule has 0 saturated heterocycles. The summed E-state index contributed by atoms with van der Waals surface area (Å²) >= 11 is 0. The van der Waals surface area contributed by atoms with Gasteiger partial charge in [0.1, 0.15) is 11.5 Å². The van der Waals surface area contributed by atoms with Crippen LogP contribution in [-0.2, 0) is 6.42 Å². The summed E-state index contributed by atoms with van der Waals surface area (Å²) in [4.78, 5) is 0. The van der Waals surface area contributed by atoms with E-state index in [9.17, 15) is 0 Å². The van der Waals surface area contributed by atoms with E-state index in [2.05, 4.69) is 18.1 Å². The van der Waals surface area contributed by atoms with Crippen molar-refractivity contribution in [3.8, 4) is 35.0 Å². The molecule has 0 atom stereocenters. The number of ether oxygens (including phenoxy) is 2. The Labute approximate surface area is 120 Å².